The molecule has 1 N–H and O–H groups in total. The largest absolute Gasteiger partial charge is 0.478 e. The van der Waals surface area contributed by atoms with E-state index >= 15 is 0 Å². The normalized spacial score (nSPS) is 10.6. The van der Waals surface area contributed by atoms with Crippen LogP contribution in [0, 0.1) is 6.92 Å². The van der Waals surface area contributed by atoms with Crippen LogP contribution < -0.4 is 10.1 Å². The first-order valence-electron chi connectivity index (χ1n) is 8.48. The highest BCUT2D eigenvalue weighted by Gasteiger charge is 2.02. The lowest BCUT2D eigenvalue weighted by molar-refractivity contribution is 0.326. The Morgan fingerprint density at radius 3 is 2.29 bits per heavy atom. The quantitative estimate of drug-likeness (QED) is 0.566. The van der Waals surface area contributed by atoms with Gasteiger partial charge in [0.15, 0.2) is 0 Å². The van der Waals surface area contributed by atoms with Crippen molar-refractivity contribution in [2.45, 2.75) is 72.1 Å². The molecule has 0 saturated heterocycles. The van der Waals surface area contributed by atoms with E-state index in [1.807, 2.05) is 19.9 Å². The monoisotopic (exact) mass is 293 g/mol. The minimum Gasteiger partial charge on any atom is -0.478 e. The molecule has 0 fully saturated rings. The van der Waals surface area contributed by atoms with Crippen LogP contribution in [0.4, 0.5) is 5.95 Å². The Bertz CT molecular complexity index is 382. The molecule has 1 heterocycles. The first-order chi connectivity index (χ1) is 10.3. The molecule has 1 rings (SSSR count). The number of unbranched alkanes of at least 4 members (excludes halogenated alkanes) is 7. The molecule has 0 saturated carbocycles. The molecule has 4 nitrogen and oxygen atoms in total. The summed E-state index contributed by atoms with van der Waals surface area (Å²) in [4.78, 5) is 8.73. The van der Waals surface area contributed by atoms with E-state index in [9.17, 15) is 0 Å². The van der Waals surface area contributed by atoms with Gasteiger partial charge in [-0.3, -0.25) is 0 Å². The molecule has 1 aromatic rings. The number of anilines is 1. The highest BCUT2D eigenvalue weighted by atomic mass is 16.5. The smallest absolute Gasteiger partial charge is 0.226 e. The van der Waals surface area contributed by atoms with Crippen molar-refractivity contribution in [2.75, 3.05) is 18.5 Å². The van der Waals surface area contributed by atoms with Crippen LogP contribution in [0.15, 0.2) is 6.07 Å². The van der Waals surface area contributed by atoms with Crippen molar-refractivity contribution in [1.29, 1.82) is 0 Å². The summed E-state index contributed by atoms with van der Waals surface area (Å²) in [5.74, 6) is 1.34. The van der Waals surface area contributed by atoms with Gasteiger partial charge in [0.25, 0.3) is 0 Å². The Morgan fingerprint density at radius 2 is 1.62 bits per heavy atom. The van der Waals surface area contributed by atoms with Crippen molar-refractivity contribution in [3.05, 3.63) is 11.8 Å². The number of nitrogens with zero attached hydrogens (tertiary/aromatic N) is 2. The molecule has 0 unspecified atom stereocenters. The summed E-state index contributed by atoms with van der Waals surface area (Å²) in [6.07, 6.45) is 10.7. The van der Waals surface area contributed by atoms with Gasteiger partial charge < -0.3 is 10.1 Å². The number of hydrogen-bond acceptors (Lipinski definition) is 4. The molecular formula is C17H31N3O. The van der Waals surface area contributed by atoms with E-state index in [0.717, 1.165) is 12.2 Å². The average molecular weight is 293 g/mol. The first-order valence-corrected chi connectivity index (χ1v) is 8.48. The summed E-state index contributed by atoms with van der Waals surface area (Å²) in [6.45, 7) is 7.75. The molecular weight excluding hydrogens is 262 g/mol. The standard InChI is InChI=1S/C17H31N3O/c1-4-6-7-8-9-10-11-12-13-18-17-19-15(3)14-16(20-17)21-5-2/h14H,4-13H2,1-3H3,(H,18,19,20). The van der Waals surface area contributed by atoms with E-state index < -0.39 is 0 Å². The predicted octanol–water partition coefficient (Wildman–Crippen LogP) is 4.74. The number of nitrogens with one attached hydrogen (secondary N) is 1. The van der Waals surface area contributed by atoms with Gasteiger partial charge in [0.2, 0.25) is 11.8 Å². The maximum atomic E-state index is 5.43. The van der Waals surface area contributed by atoms with Crippen molar-refractivity contribution in [3.63, 3.8) is 0 Å². The van der Waals surface area contributed by atoms with Gasteiger partial charge >= 0.3 is 0 Å². The lowest BCUT2D eigenvalue weighted by Crippen LogP contribution is -2.07. The molecule has 0 radical (unpaired) electrons. The summed E-state index contributed by atoms with van der Waals surface area (Å²) in [6, 6.07) is 1.87. The van der Waals surface area contributed by atoms with E-state index in [0.29, 0.717) is 18.4 Å². The number of aromatic nitrogens is 2. The van der Waals surface area contributed by atoms with Gasteiger partial charge in [0.05, 0.1) is 6.61 Å². The van der Waals surface area contributed by atoms with Crippen LogP contribution in [-0.4, -0.2) is 23.1 Å². The lowest BCUT2D eigenvalue weighted by atomic mass is 10.1. The lowest BCUT2D eigenvalue weighted by Gasteiger charge is -2.08. The summed E-state index contributed by atoms with van der Waals surface area (Å²) in [5, 5.41) is 3.29. The highest BCUT2D eigenvalue weighted by molar-refractivity contribution is 5.30. The second kappa shape index (κ2) is 11.4. The number of ether oxygens (including phenoxy) is 1. The highest BCUT2D eigenvalue weighted by Crippen LogP contribution is 2.12. The predicted molar refractivity (Wildman–Crippen MR) is 89.0 cm³/mol. The van der Waals surface area contributed by atoms with E-state index in [4.69, 9.17) is 4.74 Å². The second-order valence-corrected chi connectivity index (χ2v) is 5.51. The number of aryl methyl sites for hydroxylation is 1. The van der Waals surface area contributed by atoms with Gasteiger partial charge in [-0.2, -0.15) is 4.98 Å². The zero-order chi connectivity index (χ0) is 15.3. The van der Waals surface area contributed by atoms with Crippen molar-refractivity contribution in [2.24, 2.45) is 0 Å². The van der Waals surface area contributed by atoms with Crippen LogP contribution in [0.25, 0.3) is 0 Å². The minimum atomic E-state index is 0.633. The maximum absolute atomic E-state index is 5.43. The molecule has 120 valence electrons. The van der Waals surface area contributed by atoms with Crippen LogP contribution in [0.2, 0.25) is 0 Å². The zero-order valence-electron chi connectivity index (χ0n) is 14.0. The second-order valence-electron chi connectivity index (χ2n) is 5.51. The molecule has 0 aliphatic rings. The van der Waals surface area contributed by atoms with Gasteiger partial charge in [-0.05, 0) is 20.3 Å². The van der Waals surface area contributed by atoms with E-state index in [1.165, 1.54) is 51.4 Å². The SMILES string of the molecule is CCCCCCCCCCNc1nc(C)cc(OCC)n1. The summed E-state index contributed by atoms with van der Waals surface area (Å²) < 4.78 is 5.43. The molecule has 0 aliphatic carbocycles. The molecule has 0 atom stereocenters. The third-order valence-electron chi connectivity index (χ3n) is 3.44. The molecule has 1 aromatic heterocycles. The summed E-state index contributed by atoms with van der Waals surface area (Å²) >= 11 is 0. The van der Waals surface area contributed by atoms with E-state index in [2.05, 4.69) is 22.2 Å². The molecule has 0 aliphatic heterocycles. The zero-order valence-corrected chi connectivity index (χ0v) is 14.0. The van der Waals surface area contributed by atoms with Crippen molar-refractivity contribution < 1.29 is 4.74 Å². The minimum absolute atomic E-state index is 0.633. The first kappa shape index (κ1) is 17.7. The van der Waals surface area contributed by atoms with Crippen molar-refractivity contribution in [1.82, 2.24) is 9.97 Å². The summed E-state index contributed by atoms with van der Waals surface area (Å²) in [5.41, 5.74) is 0.937. The van der Waals surface area contributed by atoms with Crippen LogP contribution in [0.3, 0.4) is 0 Å². The molecule has 0 amide bonds. The fraction of sp³-hybridized carbons (Fsp3) is 0.765. The van der Waals surface area contributed by atoms with Crippen LogP contribution in [0.5, 0.6) is 5.88 Å². The Hall–Kier alpha value is -1.32. The van der Waals surface area contributed by atoms with Crippen molar-refractivity contribution >= 4 is 5.95 Å². The van der Waals surface area contributed by atoms with Gasteiger partial charge in [0, 0.05) is 18.3 Å². The molecule has 21 heavy (non-hydrogen) atoms. The number of rotatable bonds is 12. The molecule has 4 heteroatoms. The van der Waals surface area contributed by atoms with Crippen molar-refractivity contribution in [3.8, 4) is 5.88 Å². The topological polar surface area (TPSA) is 47.0 Å². The van der Waals surface area contributed by atoms with Crippen LogP contribution >= 0.6 is 0 Å². The Kier molecular flexibility index (Phi) is 9.58. The molecule has 0 spiro atoms. The average Bonchev–Trinajstić information content (AvgIpc) is 2.45. The molecule has 0 bridgehead atoms. The fourth-order valence-corrected chi connectivity index (χ4v) is 2.30. The Balaban J connectivity index is 2.12. The third-order valence-corrected chi connectivity index (χ3v) is 3.44. The van der Waals surface area contributed by atoms with Gasteiger partial charge in [0.1, 0.15) is 0 Å². The van der Waals surface area contributed by atoms with Gasteiger partial charge in [-0.25, -0.2) is 4.98 Å². The molecule has 0 aromatic carbocycles. The maximum Gasteiger partial charge on any atom is 0.226 e. The van der Waals surface area contributed by atoms with Gasteiger partial charge in [-0.1, -0.05) is 51.9 Å². The van der Waals surface area contributed by atoms with Crippen LogP contribution in [0.1, 0.15) is 70.9 Å². The Labute approximate surface area is 129 Å². The van der Waals surface area contributed by atoms with Crippen LogP contribution in [-0.2, 0) is 0 Å². The Morgan fingerprint density at radius 1 is 0.952 bits per heavy atom. The fourth-order valence-electron chi connectivity index (χ4n) is 2.30. The third kappa shape index (κ3) is 8.53. The summed E-state index contributed by atoms with van der Waals surface area (Å²) in [7, 11) is 0. The van der Waals surface area contributed by atoms with E-state index in [-0.39, 0.29) is 0 Å². The van der Waals surface area contributed by atoms with E-state index in [1.54, 1.807) is 0 Å². The number of hydrogen-bond donors (Lipinski definition) is 1. The van der Waals surface area contributed by atoms with Gasteiger partial charge in [-0.15, -0.1) is 0 Å².